The van der Waals surface area contributed by atoms with Gasteiger partial charge in [-0.15, -0.1) is 0 Å². The summed E-state index contributed by atoms with van der Waals surface area (Å²) >= 11 is 0. The van der Waals surface area contributed by atoms with Crippen LogP contribution in [0.4, 0.5) is 11.4 Å². The molecule has 1 saturated carbocycles. The molecule has 0 atom stereocenters. The largest absolute Gasteiger partial charge is 0.457 e. The molecule has 0 radical (unpaired) electrons. The van der Waals surface area contributed by atoms with Crippen molar-refractivity contribution in [2.75, 3.05) is 11.5 Å². The van der Waals surface area contributed by atoms with Gasteiger partial charge in [0.1, 0.15) is 23.0 Å². The van der Waals surface area contributed by atoms with Gasteiger partial charge in [0, 0.05) is 16.8 Å². The van der Waals surface area contributed by atoms with E-state index in [4.69, 9.17) is 20.9 Å². The van der Waals surface area contributed by atoms with Crippen molar-refractivity contribution in [2.24, 2.45) is 0 Å². The number of nitrogens with two attached hydrogens (primary N) is 2. The third-order valence-corrected chi connectivity index (χ3v) is 8.87. The van der Waals surface area contributed by atoms with Gasteiger partial charge in [0.2, 0.25) is 0 Å². The summed E-state index contributed by atoms with van der Waals surface area (Å²) < 4.78 is 12.2. The molecule has 4 N–H and O–H groups in total. The van der Waals surface area contributed by atoms with Gasteiger partial charge >= 0.3 is 0 Å². The van der Waals surface area contributed by atoms with Gasteiger partial charge in [-0.1, -0.05) is 61.9 Å². The van der Waals surface area contributed by atoms with Gasteiger partial charge in [0.05, 0.1) is 0 Å². The van der Waals surface area contributed by atoms with E-state index in [9.17, 15) is 0 Å². The Bertz CT molecular complexity index is 1510. The molecule has 43 heavy (non-hydrogen) atoms. The highest BCUT2D eigenvalue weighted by Crippen LogP contribution is 2.49. The maximum Gasteiger partial charge on any atom is 0.127 e. The van der Waals surface area contributed by atoms with Crippen molar-refractivity contribution in [3.8, 4) is 23.0 Å². The zero-order valence-corrected chi connectivity index (χ0v) is 24.8. The Kier molecular flexibility index (Phi) is 8.37. The van der Waals surface area contributed by atoms with Crippen molar-refractivity contribution < 1.29 is 9.47 Å². The molecule has 1 aliphatic rings. The van der Waals surface area contributed by atoms with Crippen LogP contribution in [0.5, 0.6) is 23.0 Å². The number of hydrogen-bond acceptors (Lipinski definition) is 4. The lowest BCUT2D eigenvalue weighted by molar-refractivity contribution is 0.314. The van der Waals surface area contributed by atoms with E-state index in [1.807, 2.05) is 48.5 Å². The first kappa shape index (κ1) is 28.4. The van der Waals surface area contributed by atoms with E-state index in [2.05, 4.69) is 79.7 Å². The highest BCUT2D eigenvalue weighted by atomic mass is 16.5. The Morgan fingerprint density at radius 1 is 0.558 bits per heavy atom. The number of anilines is 2. The fraction of sp³-hybridized carbons (Fsp3) is 0.231. The van der Waals surface area contributed by atoms with Gasteiger partial charge in [-0.05, 0) is 133 Å². The van der Waals surface area contributed by atoms with Crippen LogP contribution in [-0.4, -0.2) is 0 Å². The molecule has 0 unspecified atom stereocenters. The molecule has 1 aliphatic carbocycles. The third-order valence-electron chi connectivity index (χ3n) is 8.87. The second-order valence-corrected chi connectivity index (χ2v) is 11.7. The summed E-state index contributed by atoms with van der Waals surface area (Å²) in [6.07, 6.45) is 6.75. The van der Waals surface area contributed by atoms with Crippen molar-refractivity contribution in [3.05, 3.63) is 144 Å². The van der Waals surface area contributed by atoms with Crippen molar-refractivity contribution in [3.63, 3.8) is 0 Å². The predicted octanol–water partition coefficient (Wildman–Crippen LogP) is 10.0. The van der Waals surface area contributed by atoms with Crippen LogP contribution in [0.25, 0.3) is 0 Å². The molecule has 218 valence electrons. The lowest BCUT2D eigenvalue weighted by Gasteiger charge is -2.41. The van der Waals surface area contributed by atoms with Crippen molar-refractivity contribution in [1.82, 2.24) is 0 Å². The number of benzene rings is 5. The molecular formula is C39H40N2O2. The van der Waals surface area contributed by atoms with Crippen molar-refractivity contribution in [2.45, 2.75) is 56.8 Å². The Labute approximate surface area is 255 Å². The molecule has 0 aliphatic heterocycles. The van der Waals surface area contributed by atoms with Crippen LogP contribution in [0, 0.1) is 0 Å². The average molecular weight is 569 g/mol. The average Bonchev–Trinajstić information content (AvgIpc) is 3.05. The van der Waals surface area contributed by atoms with Gasteiger partial charge < -0.3 is 20.9 Å². The maximum absolute atomic E-state index is 6.12. The smallest absolute Gasteiger partial charge is 0.127 e. The zero-order chi connectivity index (χ0) is 29.6. The number of ether oxygens (including phenoxy) is 2. The highest BCUT2D eigenvalue weighted by molar-refractivity contribution is 5.48. The maximum atomic E-state index is 6.12. The minimum atomic E-state index is -0.0852. The SMILES string of the molecule is CCCc1ccc(C2CCC(c3ccc(Oc4ccc(N)cc4)cc3)(c3ccc(Oc4ccc(N)cc4)cc3)CC2)cc1. The second-order valence-electron chi connectivity index (χ2n) is 11.7. The predicted molar refractivity (Wildman–Crippen MR) is 177 cm³/mol. The van der Waals surface area contributed by atoms with Gasteiger partial charge in [-0.2, -0.15) is 0 Å². The van der Waals surface area contributed by atoms with Gasteiger partial charge in [0.15, 0.2) is 0 Å². The highest BCUT2D eigenvalue weighted by Gasteiger charge is 2.39. The van der Waals surface area contributed by atoms with E-state index in [0.29, 0.717) is 5.92 Å². The quantitative estimate of drug-likeness (QED) is 0.174. The molecule has 4 heteroatoms. The van der Waals surface area contributed by atoms with Gasteiger partial charge in [0.25, 0.3) is 0 Å². The monoisotopic (exact) mass is 568 g/mol. The van der Waals surface area contributed by atoms with E-state index in [0.717, 1.165) is 66.5 Å². The van der Waals surface area contributed by atoms with Crippen LogP contribution in [0.3, 0.4) is 0 Å². The summed E-state index contributed by atoms with van der Waals surface area (Å²) in [6, 6.07) is 41.7. The third kappa shape index (κ3) is 6.54. The first-order chi connectivity index (χ1) is 21.0. The topological polar surface area (TPSA) is 70.5 Å². The van der Waals surface area contributed by atoms with Crippen molar-refractivity contribution >= 4 is 11.4 Å². The van der Waals surface area contributed by atoms with Crippen LogP contribution in [0.15, 0.2) is 121 Å². The molecule has 5 aromatic carbocycles. The molecule has 0 heterocycles. The Balaban J connectivity index is 1.25. The molecular weight excluding hydrogens is 528 g/mol. The Morgan fingerprint density at radius 2 is 0.953 bits per heavy atom. The van der Waals surface area contributed by atoms with Gasteiger partial charge in [-0.25, -0.2) is 0 Å². The molecule has 6 rings (SSSR count). The fourth-order valence-corrected chi connectivity index (χ4v) is 6.46. The first-order valence-corrected chi connectivity index (χ1v) is 15.4. The van der Waals surface area contributed by atoms with Crippen LogP contribution < -0.4 is 20.9 Å². The van der Waals surface area contributed by atoms with Crippen molar-refractivity contribution in [1.29, 1.82) is 0 Å². The lowest BCUT2D eigenvalue weighted by Crippen LogP contribution is -2.32. The number of aryl methyl sites for hydroxylation is 1. The molecule has 0 amide bonds. The fourth-order valence-electron chi connectivity index (χ4n) is 6.46. The minimum Gasteiger partial charge on any atom is -0.457 e. The second kappa shape index (κ2) is 12.7. The molecule has 5 aromatic rings. The standard InChI is InChI=1S/C39H40N2O2/c1-2-3-28-4-6-29(7-5-28)30-24-26-39(27-25-30,31-8-16-35(17-9-31)42-37-20-12-33(40)13-21-37)32-10-18-36(19-11-32)43-38-22-14-34(41)15-23-38/h4-23,30H,2-3,24-27,40-41H2,1H3. The van der Waals surface area contributed by atoms with E-state index in [1.54, 1.807) is 0 Å². The van der Waals surface area contributed by atoms with E-state index in [1.165, 1.54) is 28.7 Å². The van der Waals surface area contributed by atoms with E-state index >= 15 is 0 Å². The molecule has 0 bridgehead atoms. The lowest BCUT2D eigenvalue weighted by atomic mass is 9.62. The Morgan fingerprint density at radius 3 is 1.35 bits per heavy atom. The molecule has 1 fully saturated rings. The molecule has 4 nitrogen and oxygen atoms in total. The van der Waals surface area contributed by atoms with Gasteiger partial charge in [-0.3, -0.25) is 0 Å². The molecule has 0 spiro atoms. The van der Waals surface area contributed by atoms with Crippen LogP contribution in [-0.2, 0) is 11.8 Å². The molecule has 0 saturated heterocycles. The summed E-state index contributed by atoms with van der Waals surface area (Å²) in [5, 5.41) is 0. The zero-order valence-electron chi connectivity index (χ0n) is 24.8. The summed E-state index contributed by atoms with van der Waals surface area (Å²) in [4.78, 5) is 0. The van der Waals surface area contributed by atoms with E-state index < -0.39 is 0 Å². The number of rotatable bonds is 9. The number of nitrogen functional groups attached to an aromatic ring is 2. The summed E-state index contributed by atoms with van der Waals surface area (Å²) in [5.41, 5.74) is 18.6. The van der Waals surface area contributed by atoms with E-state index in [-0.39, 0.29) is 5.41 Å². The van der Waals surface area contributed by atoms with Crippen LogP contribution >= 0.6 is 0 Å². The number of hydrogen-bond donors (Lipinski definition) is 2. The van der Waals surface area contributed by atoms with Crippen LogP contribution in [0.1, 0.15) is 67.2 Å². The first-order valence-electron chi connectivity index (χ1n) is 15.4. The normalized spacial score (nSPS) is 14.7. The minimum absolute atomic E-state index is 0.0852. The summed E-state index contributed by atoms with van der Waals surface area (Å²) in [6.45, 7) is 2.24. The summed E-state index contributed by atoms with van der Waals surface area (Å²) in [5.74, 6) is 3.76. The summed E-state index contributed by atoms with van der Waals surface area (Å²) in [7, 11) is 0. The van der Waals surface area contributed by atoms with Crippen LogP contribution in [0.2, 0.25) is 0 Å². The molecule has 0 aromatic heterocycles. The Hall–Kier alpha value is -4.70.